The van der Waals surface area contributed by atoms with Gasteiger partial charge in [-0.2, -0.15) is 0 Å². The number of nitrogens with zero attached hydrogens (tertiary/aromatic N) is 4. The average molecular weight is 384 g/mol. The molecule has 1 N–H and O–H groups in total. The first-order valence-electron chi connectivity index (χ1n) is 10.5. The summed E-state index contributed by atoms with van der Waals surface area (Å²) in [5.74, 6) is 0.972. The molecule has 150 valence electrons. The standard InChI is InChI=1S/C22H30FN5/c23-19-16-24-22(25-17-19)26-20-8-6-18(7-9-20)10-11-27-12-14-28(15-13-27)21-4-2-1-3-5-21/h1-5,16-18,20H,6-15H2,(H,24,25,26). The Morgan fingerprint density at radius 3 is 2.29 bits per heavy atom. The van der Waals surface area contributed by atoms with Crippen molar-refractivity contribution in [2.24, 2.45) is 5.92 Å². The fraction of sp³-hybridized carbons (Fsp3) is 0.545. The molecule has 2 aliphatic rings. The first kappa shape index (κ1) is 19.1. The summed E-state index contributed by atoms with van der Waals surface area (Å²) in [7, 11) is 0. The number of halogens is 1. The number of hydrogen-bond acceptors (Lipinski definition) is 5. The Morgan fingerprint density at radius 2 is 1.61 bits per heavy atom. The van der Waals surface area contributed by atoms with E-state index < -0.39 is 0 Å². The summed E-state index contributed by atoms with van der Waals surface area (Å²) >= 11 is 0. The van der Waals surface area contributed by atoms with E-state index in [1.807, 2.05) is 0 Å². The van der Waals surface area contributed by atoms with E-state index in [1.54, 1.807) is 0 Å². The van der Waals surface area contributed by atoms with Gasteiger partial charge in [-0.05, 0) is 56.7 Å². The molecule has 2 aromatic rings. The zero-order chi connectivity index (χ0) is 19.2. The van der Waals surface area contributed by atoms with E-state index in [4.69, 9.17) is 0 Å². The highest BCUT2D eigenvalue weighted by Crippen LogP contribution is 2.28. The predicted molar refractivity (Wildman–Crippen MR) is 111 cm³/mol. The van der Waals surface area contributed by atoms with E-state index in [0.717, 1.165) is 44.9 Å². The highest BCUT2D eigenvalue weighted by molar-refractivity contribution is 5.46. The van der Waals surface area contributed by atoms with Crippen LogP contribution in [0.4, 0.5) is 16.0 Å². The van der Waals surface area contributed by atoms with Crippen molar-refractivity contribution in [1.82, 2.24) is 14.9 Å². The third kappa shape index (κ3) is 5.19. The molecule has 1 aromatic carbocycles. The second kappa shape index (κ2) is 9.32. The molecule has 2 heterocycles. The summed E-state index contributed by atoms with van der Waals surface area (Å²) < 4.78 is 12.9. The van der Waals surface area contributed by atoms with E-state index in [-0.39, 0.29) is 5.82 Å². The maximum atomic E-state index is 12.9. The molecule has 1 aliphatic heterocycles. The van der Waals surface area contributed by atoms with Gasteiger partial charge in [-0.3, -0.25) is 4.90 Å². The second-order valence-electron chi connectivity index (χ2n) is 8.04. The summed E-state index contributed by atoms with van der Waals surface area (Å²) in [6, 6.07) is 11.1. The van der Waals surface area contributed by atoms with Gasteiger partial charge in [0.05, 0.1) is 12.4 Å². The number of para-hydroxylation sites is 1. The molecule has 0 radical (unpaired) electrons. The van der Waals surface area contributed by atoms with Crippen LogP contribution in [-0.2, 0) is 0 Å². The van der Waals surface area contributed by atoms with Crippen molar-refractivity contribution in [2.45, 2.75) is 38.1 Å². The maximum Gasteiger partial charge on any atom is 0.222 e. The molecule has 0 atom stereocenters. The van der Waals surface area contributed by atoms with Crippen LogP contribution in [0.5, 0.6) is 0 Å². The molecule has 1 saturated carbocycles. The van der Waals surface area contributed by atoms with Crippen molar-refractivity contribution in [3.8, 4) is 0 Å². The minimum atomic E-state index is -0.390. The SMILES string of the molecule is Fc1cnc(NC2CCC(CCN3CCN(c4ccccc4)CC3)CC2)nc1. The monoisotopic (exact) mass is 383 g/mol. The number of aromatic nitrogens is 2. The molecule has 5 nitrogen and oxygen atoms in total. The van der Waals surface area contributed by atoms with Crippen molar-refractivity contribution in [3.63, 3.8) is 0 Å². The van der Waals surface area contributed by atoms with Crippen LogP contribution in [0.1, 0.15) is 32.1 Å². The molecule has 0 spiro atoms. The van der Waals surface area contributed by atoms with Crippen LogP contribution >= 0.6 is 0 Å². The lowest BCUT2D eigenvalue weighted by atomic mass is 9.84. The molecule has 1 aliphatic carbocycles. The van der Waals surface area contributed by atoms with Crippen LogP contribution < -0.4 is 10.2 Å². The Morgan fingerprint density at radius 1 is 0.929 bits per heavy atom. The Bertz CT molecular complexity index is 707. The van der Waals surface area contributed by atoms with Crippen LogP contribution in [0.3, 0.4) is 0 Å². The third-order valence-electron chi connectivity index (χ3n) is 6.15. The van der Waals surface area contributed by atoms with Gasteiger partial charge < -0.3 is 10.2 Å². The molecule has 6 heteroatoms. The lowest BCUT2D eigenvalue weighted by Gasteiger charge is -2.37. The van der Waals surface area contributed by atoms with Crippen molar-refractivity contribution in [3.05, 3.63) is 48.5 Å². The lowest BCUT2D eigenvalue weighted by molar-refractivity contribution is 0.218. The molecule has 2 fully saturated rings. The normalized spacial score (nSPS) is 23.5. The number of nitrogens with one attached hydrogen (secondary N) is 1. The minimum absolute atomic E-state index is 0.390. The van der Waals surface area contributed by atoms with Gasteiger partial charge in [0.1, 0.15) is 0 Å². The largest absolute Gasteiger partial charge is 0.369 e. The zero-order valence-electron chi connectivity index (χ0n) is 16.4. The van der Waals surface area contributed by atoms with Gasteiger partial charge in [-0.25, -0.2) is 14.4 Å². The number of rotatable bonds is 6. The van der Waals surface area contributed by atoms with Crippen molar-refractivity contribution < 1.29 is 4.39 Å². The van der Waals surface area contributed by atoms with Gasteiger partial charge in [0, 0.05) is 37.9 Å². The van der Waals surface area contributed by atoms with Crippen LogP contribution in [0.25, 0.3) is 0 Å². The van der Waals surface area contributed by atoms with Crippen LogP contribution in [-0.4, -0.2) is 53.6 Å². The van der Waals surface area contributed by atoms with Crippen LogP contribution in [0.2, 0.25) is 0 Å². The minimum Gasteiger partial charge on any atom is -0.369 e. The van der Waals surface area contributed by atoms with E-state index in [9.17, 15) is 4.39 Å². The van der Waals surface area contributed by atoms with Crippen molar-refractivity contribution in [2.75, 3.05) is 42.9 Å². The first-order chi connectivity index (χ1) is 13.8. The second-order valence-corrected chi connectivity index (χ2v) is 8.04. The number of hydrogen-bond donors (Lipinski definition) is 1. The predicted octanol–water partition coefficient (Wildman–Crippen LogP) is 3.80. The summed E-state index contributed by atoms with van der Waals surface area (Å²) in [6.07, 6.45) is 8.54. The molecule has 4 rings (SSSR count). The highest BCUT2D eigenvalue weighted by atomic mass is 19.1. The molecule has 0 amide bonds. The van der Waals surface area contributed by atoms with Gasteiger partial charge in [-0.15, -0.1) is 0 Å². The fourth-order valence-corrected chi connectivity index (χ4v) is 4.40. The van der Waals surface area contributed by atoms with E-state index in [0.29, 0.717) is 12.0 Å². The smallest absolute Gasteiger partial charge is 0.222 e. The molecule has 0 bridgehead atoms. The molecule has 28 heavy (non-hydrogen) atoms. The topological polar surface area (TPSA) is 44.3 Å². The summed E-state index contributed by atoms with van der Waals surface area (Å²) in [6.45, 7) is 5.78. The summed E-state index contributed by atoms with van der Waals surface area (Å²) in [5.41, 5.74) is 1.35. The molecule has 0 unspecified atom stereocenters. The zero-order valence-corrected chi connectivity index (χ0v) is 16.4. The highest BCUT2D eigenvalue weighted by Gasteiger charge is 2.23. The fourth-order valence-electron chi connectivity index (χ4n) is 4.40. The van der Waals surface area contributed by atoms with Crippen molar-refractivity contribution >= 4 is 11.6 Å². The Balaban J connectivity index is 1.14. The number of piperazine rings is 1. The van der Waals surface area contributed by atoms with Crippen LogP contribution in [0, 0.1) is 11.7 Å². The van der Waals surface area contributed by atoms with Crippen LogP contribution in [0.15, 0.2) is 42.7 Å². The number of anilines is 2. The van der Waals surface area contributed by atoms with Gasteiger partial charge >= 0.3 is 0 Å². The summed E-state index contributed by atoms with van der Waals surface area (Å²) in [4.78, 5) is 13.1. The molecular weight excluding hydrogens is 353 g/mol. The van der Waals surface area contributed by atoms with E-state index in [1.165, 1.54) is 43.9 Å². The van der Waals surface area contributed by atoms with Gasteiger partial charge in [0.2, 0.25) is 5.95 Å². The van der Waals surface area contributed by atoms with Gasteiger partial charge in [0.25, 0.3) is 0 Å². The number of benzene rings is 1. The Labute approximate surface area is 167 Å². The maximum absolute atomic E-state index is 12.9. The van der Waals surface area contributed by atoms with E-state index in [2.05, 4.69) is 55.4 Å². The summed E-state index contributed by atoms with van der Waals surface area (Å²) in [5, 5.41) is 3.35. The average Bonchev–Trinajstić information content (AvgIpc) is 2.76. The third-order valence-corrected chi connectivity index (χ3v) is 6.15. The molecule has 1 aromatic heterocycles. The molecular formula is C22H30FN5. The van der Waals surface area contributed by atoms with E-state index >= 15 is 0 Å². The first-order valence-corrected chi connectivity index (χ1v) is 10.5. The molecule has 1 saturated heterocycles. The lowest BCUT2D eigenvalue weighted by Crippen LogP contribution is -2.47. The quantitative estimate of drug-likeness (QED) is 0.822. The van der Waals surface area contributed by atoms with Gasteiger partial charge in [0.15, 0.2) is 5.82 Å². The van der Waals surface area contributed by atoms with Gasteiger partial charge in [-0.1, -0.05) is 18.2 Å². The Hall–Kier alpha value is -2.21. The van der Waals surface area contributed by atoms with Crippen molar-refractivity contribution in [1.29, 1.82) is 0 Å². The Kier molecular flexibility index (Phi) is 6.37.